The molecule has 0 spiro atoms. The van der Waals surface area contributed by atoms with E-state index in [-0.39, 0.29) is 0 Å². The highest BCUT2D eigenvalue weighted by molar-refractivity contribution is 7.80. The third kappa shape index (κ3) is 4.23. The van der Waals surface area contributed by atoms with Crippen LogP contribution < -0.4 is 10.1 Å². The molecule has 126 valence electrons. The number of benzene rings is 1. The van der Waals surface area contributed by atoms with Gasteiger partial charge in [0.05, 0.1) is 7.11 Å². The number of nitrogens with zero attached hydrogens (tertiary/aromatic N) is 2. The minimum atomic E-state index is 0.496. The van der Waals surface area contributed by atoms with Gasteiger partial charge in [-0.15, -0.1) is 0 Å². The molecule has 1 saturated carbocycles. The van der Waals surface area contributed by atoms with Crippen molar-refractivity contribution in [2.24, 2.45) is 0 Å². The Balaban J connectivity index is 1.75. The average molecular weight is 341 g/mol. The smallest absolute Gasteiger partial charge is 0.173 e. The van der Waals surface area contributed by atoms with Crippen LogP contribution in [0, 0.1) is 0 Å². The van der Waals surface area contributed by atoms with E-state index >= 15 is 0 Å². The predicted molar refractivity (Wildman–Crippen MR) is 101 cm³/mol. The number of pyridine rings is 1. The first-order chi connectivity index (χ1) is 11.8. The summed E-state index contributed by atoms with van der Waals surface area (Å²) in [5, 5.41) is 4.13. The van der Waals surface area contributed by atoms with E-state index in [1.54, 1.807) is 13.3 Å². The van der Waals surface area contributed by atoms with E-state index < -0.39 is 0 Å². The lowest BCUT2D eigenvalue weighted by molar-refractivity contribution is 0.312. The van der Waals surface area contributed by atoms with Gasteiger partial charge in [0.25, 0.3) is 0 Å². The maximum absolute atomic E-state index is 5.73. The molecule has 24 heavy (non-hydrogen) atoms. The Labute approximate surface area is 148 Å². The van der Waals surface area contributed by atoms with Gasteiger partial charge in [-0.3, -0.25) is 4.98 Å². The Kier molecular flexibility index (Phi) is 5.64. The second-order valence-electron chi connectivity index (χ2n) is 6.09. The maximum atomic E-state index is 5.73. The van der Waals surface area contributed by atoms with Crippen molar-refractivity contribution >= 4 is 23.0 Å². The Morgan fingerprint density at radius 3 is 2.83 bits per heavy atom. The van der Waals surface area contributed by atoms with Crippen LogP contribution >= 0.6 is 12.2 Å². The Bertz CT molecular complexity index is 671. The van der Waals surface area contributed by atoms with Crippen molar-refractivity contribution in [1.29, 1.82) is 0 Å². The summed E-state index contributed by atoms with van der Waals surface area (Å²) in [4.78, 5) is 6.53. The van der Waals surface area contributed by atoms with Crippen molar-refractivity contribution < 1.29 is 4.74 Å². The summed E-state index contributed by atoms with van der Waals surface area (Å²) < 4.78 is 5.29. The molecule has 0 radical (unpaired) electrons. The lowest BCUT2D eigenvalue weighted by Crippen LogP contribution is -2.41. The minimum Gasteiger partial charge on any atom is -0.497 e. The number of nitrogens with one attached hydrogen (secondary N) is 1. The standard InChI is InChI=1S/C19H23N3OS/c1-23-18-10-4-7-16(12-18)21-19(24)22(17-8-2-3-9-17)14-15-6-5-11-20-13-15/h4-7,10-13,17H,2-3,8-9,14H2,1H3,(H,21,24). The highest BCUT2D eigenvalue weighted by atomic mass is 32.1. The fourth-order valence-corrected chi connectivity index (χ4v) is 3.50. The SMILES string of the molecule is COc1cccc(NC(=S)N(Cc2cccnc2)C2CCCC2)c1. The largest absolute Gasteiger partial charge is 0.497 e. The van der Waals surface area contributed by atoms with E-state index in [4.69, 9.17) is 17.0 Å². The summed E-state index contributed by atoms with van der Waals surface area (Å²) in [6.45, 7) is 0.786. The van der Waals surface area contributed by atoms with Gasteiger partial charge in [-0.2, -0.15) is 0 Å². The molecule has 0 saturated heterocycles. The topological polar surface area (TPSA) is 37.4 Å². The summed E-state index contributed by atoms with van der Waals surface area (Å²) in [6.07, 6.45) is 8.65. The Morgan fingerprint density at radius 1 is 1.29 bits per heavy atom. The van der Waals surface area contributed by atoms with E-state index in [0.717, 1.165) is 23.1 Å². The zero-order valence-corrected chi connectivity index (χ0v) is 14.8. The fraction of sp³-hybridized carbons (Fsp3) is 0.368. The van der Waals surface area contributed by atoms with E-state index in [2.05, 4.69) is 21.3 Å². The minimum absolute atomic E-state index is 0.496. The second kappa shape index (κ2) is 8.11. The number of hydrogen-bond acceptors (Lipinski definition) is 3. The number of thiocarbonyl (C=S) groups is 1. The van der Waals surface area contributed by atoms with Crippen LogP contribution in [-0.4, -0.2) is 28.1 Å². The van der Waals surface area contributed by atoms with Gasteiger partial charge in [0.2, 0.25) is 0 Å². The van der Waals surface area contributed by atoms with Crippen molar-refractivity contribution in [2.75, 3.05) is 12.4 Å². The molecule has 4 nitrogen and oxygen atoms in total. The van der Waals surface area contributed by atoms with E-state index in [9.17, 15) is 0 Å². The van der Waals surface area contributed by atoms with Gasteiger partial charge in [-0.1, -0.05) is 25.0 Å². The molecular weight excluding hydrogens is 318 g/mol. The van der Waals surface area contributed by atoms with Crippen molar-refractivity contribution in [3.63, 3.8) is 0 Å². The average Bonchev–Trinajstić information content (AvgIpc) is 3.15. The first-order valence-corrected chi connectivity index (χ1v) is 8.77. The van der Waals surface area contributed by atoms with E-state index in [1.165, 1.54) is 31.2 Å². The number of rotatable bonds is 5. The maximum Gasteiger partial charge on any atom is 0.173 e. The summed E-state index contributed by atoms with van der Waals surface area (Å²) in [6, 6.07) is 12.4. The summed E-state index contributed by atoms with van der Waals surface area (Å²) in [5.74, 6) is 0.822. The zero-order valence-electron chi connectivity index (χ0n) is 13.9. The lowest BCUT2D eigenvalue weighted by Gasteiger charge is -2.31. The quantitative estimate of drug-likeness (QED) is 0.824. The molecule has 1 fully saturated rings. The van der Waals surface area contributed by atoms with Crippen molar-refractivity contribution in [3.05, 3.63) is 54.4 Å². The Morgan fingerprint density at radius 2 is 2.12 bits per heavy atom. The van der Waals surface area contributed by atoms with Gasteiger partial charge in [-0.05, 0) is 48.8 Å². The van der Waals surface area contributed by atoms with Crippen LogP contribution in [0.15, 0.2) is 48.8 Å². The van der Waals surface area contributed by atoms with Crippen LogP contribution in [0.5, 0.6) is 5.75 Å². The van der Waals surface area contributed by atoms with E-state index in [0.29, 0.717) is 6.04 Å². The van der Waals surface area contributed by atoms with Crippen LogP contribution in [-0.2, 0) is 6.54 Å². The van der Waals surface area contributed by atoms with Gasteiger partial charge < -0.3 is 15.0 Å². The number of anilines is 1. The van der Waals surface area contributed by atoms with Gasteiger partial charge in [0.15, 0.2) is 5.11 Å². The number of ether oxygens (including phenoxy) is 1. The van der Waals surface area contributed by atoms with Crippen LogP contribution in [0.2, 0.25) is 0 Å². The van der Waals surface area contributed by atoms with Crippen molar-refractivity contribution in [2.45, 2.75) is 38.3 Å². The third-order valence-corrected chi connectivity index (χ3v) is 4.76. The van der Waals surface area contributed by atoms with Crippen LogP contribution in [0.4, 0.5) is 5.69 Å². The second-order valence-corrected chi connectivity index (χ2v) is 6.48. The molecule has 0 aliphatic heterocycles. The molecule has 0 bridgehead atoms. The Hall–Kier alpha value is -2.14. The number of methoxy groups -OCH3 is 1. The summed E-state index contributed by atoms with van der Waals surface area (Å²) in [5.41, 5.74) is 2.13. The molecule has 1 aromatic heterocycles. The monoisotopic (exact) mass is 341 g/mol. The summed E-state index contributed by atoms with van der Waals surface area (Å²) in [7, 11) is 1.67. The highest BCUT2D eigenvalue weighted by Gasteiger charge is 2.25. The third-order valence-electron chi connectivity index (χ3n) is 4.42. The first-order valence-electron chi connectivity index (χ1n) is 8.37. The van der Waals surface area contributed by atoms with Gasteiger partial charge in [0, 0.05) is 36.7 Å². The predicted octanol–water partition coefficient (Wildman–Crippen LogP) is 4.23. The highest BCUT2D eigenvalue weighted by Crippen LogP contribution is 2.26. The van der Waals surface area contributed by atoms with Crippen LogP contribution in [0.25, 0.3) is 0 Å². The molecular formula is C19H23N3OS. The van der Waals surface area contributed by atoms with E-state index in [1.807, 2.05) is 36.5 Å². The van der Waals surface area contributed by atoms with Gasteiger partial charge in [-0.25, -0.2) is 0 Å². The normalized spacial score (nSPS) is 14.4. The molecule has 3 rings (SSSR count). The molecule has 1 aromatic carbocycles. The first kappa shape index (κ1) is 16.7. The fourth-order valence-electron chi connectivity index (χ4n) is 3.17. The molecule has 2 aromatic rings. The van der Waals surface area contributed by atoms with Crippen molar-refractivity contribution in [1.82, 2.24) is 9.88 Å². The van der Waals surface area contributed by atoms with Crippen molar-refractivity contribution in [3.8, 4) is 5.75 Å². The van der Waals surface area contributed by atoms with Gasteiger partial charge in [0.1, 0.15) is 5.75 Å². The molecule has 1 aliphatic rings. The molecule has 1 N–H and O–H groups in total. The number of aromatic nitrogens is 1. The molecule has 0 atom stereocenters. The van der Waals surface area contributed by atoms with Crippen LogP contribution in [0.3, 0.4) is 0 Å². The molecule has 1 heterocycles. The number of hydrogen-bond donors (Lipinski definition) is 1. The van der Waals surface area contributed by atoms with Crippen LogP contribution in [0.1, 0.15) is 31.2 Å². The molecule has 0 amide bonds. The lowest BCUT2D eigenvalue weighted by atomic mass is 10.2. The molecule has 5 heteroatoms. The zero-order chi connectivity index (χ0) is 16.8. The van der Waals surface area contributed by atoms with Gasteiger partial charge >= 0.3 is 0 Å². The molecule has 0 unspecified atom stereocenters. The summed E-state index contributed by atoms with van der Waals surface area (Å²) >= 11 is 5.73. The molecule has 1 aliphatic carbocycles.